The third-order valence-electron chi connectivity index (χ3n) is 3.91. The SMILES string of the molecule is Cn1c(COC(=O)CCc2nc(-c3ccccn3)no2)cc(=O)n(C)c1=O. The molecule has 0 saturated carbocycles. The van der Waals surface area contributed by atoms with Gasteiger partial charge in [-0.05, 0) is 12.1 Å². The molecule has 3 aromatic rings. The number of nitrogens with zero attached hydrogens (tertiary/aromatic N) is 5. The molecule has 0 aliphatic carbocycles. The summed E-state index contributed by atoms with van der Waals surface area (Å²) in [5.41, 5.74) is -0.0631. The number of ether oxygens (including phenoxy) is 1. The standard InChI is InChI=1S/C17H17N5O5/c1-21-11(9-14(23)22(2)17(21)25)10-26-15(24)7-6-13-19-16(20-27-13)12-5-3-4-8-18-12/h3-5,8-9H,6-7,10H2,1-2H3. The van der Waals surface area contributed by atoms with Gasteiger partial charge in [0.2, 0.25) is 11.7 Å². The predicted molar refractivity (Wildman–Crippen MR) is 92.6 cm³/mol. The van der Waals surface area contributed by atoms with Crippen LogP contribution in [0.4, 0.5) is 0 Å². The Kier molecular flexibility index (Phi) is 5.25. The number of aromatic nitrogens is 5. The van der Waals surface area contributed by atoms with Gasteiger partial charge in [-0.15, -0.1) is 0 Å². The maximum absolute atomic E-state index is 11.9. The van der Waals surface area contributed by atoms with Gasteiger partial charge in [0.1, 0.15) is 12.3 Å². The van der Waals surface area contributed by atoms with Crippen LogP contribution in [0.3, 0.4) is 0 Å². The molecule has 10 nitrogen and oxygen atoms in total. The molecular weight excluding hydrogens is 354 g/mol. The van der Waals surface area contributed by atoms with E-state index in [1.807, 2.05) is 0 Å². The van der Waals surface area contributed by atoms with Crippen LogP contribution in [-0.4, -0.2) is 30.2 Å². The zero-order chi connectivity index (χ0) is 19.4. The van der Waals surface area contributed by atoms with Gasteiger partial charge in [-0.2, -0.15) is 4.98 Å². The van der Waals surface area contributed by atoms with E-state index in [4.69, 9.17) is 9.26 Å². The normalized spacial score (nSPS) is 10.7. The van der Waals surface area contributed by atoms with E-state index in [2.05, 4.69) is 15.1 Å². The minimum atomic E-state index is -0.513. The third kappa shape index (κ3) is 4.17. The van der Waals surface area contributed by atoms with Gasteiger partial charge in [-0.25, -0.2) is 4.79 Å². The summed E-state index contributed by atoms with van der Waals surface area (Å²) in [5.74, 6) is 0.114. The first-order chi connectivity index (χ1) is 13.0. The molecule has 140 valence electrons. The quantitative estimate of drug-likeness (QED) is 0.563. The van der Waals surface area contributed by atoms with Crippen molar-refractivity contribution < 1.29 is 14.1 Å². The van der Waals surface area contributed by atoms with Crippen LogP contribution < -0.4 is 11.2 Å². The Morgan fingerprint density at radius 2 is 2.04 bits per heavy atom. The minimum absolute atomic E-state index is 0.0165. The molecule has 0 spiro atoms. The highest BCUT2D eigenvalue weighted by Gasteiger charge is 2.13. The molecular formula is C17H17N5O5. The third-order valence-corrected chi connectivity index (χ3v) is 3.91. The molecule has 0 aromatic carbocycles. The number of hydrogen-bond acceptors (Lipinski definition) is 8. The maximum Gasteiger partial charge on any atom is 0.330 e. The van der Waals surface area contributed by atoms with Gasteiger partial charge in [-0.3, -0.25) is 23.7 Å². The lowest BCUT2D eigenvalue weighted by Gasteiger charge is -2.09. The van der Waals surface area contributed by atoms with E-state index in [0.717, 1.165) is 4.57 Å². The topological polar surface area (TPSA) is 122 Å². The Morgan fingerprint density at radius 3 is 2.78 bits per heavy atom. The lowest BCUT2D eigenvalue weighted by atomic mass is 10.3. The van der Waals surface area contributed by atoms with Crippen LogP contribution in [0, 0.1) is 0 Å². The summed E-state index contributed by atoms with van der Waals surface area (Å²) >= 11 is 0. The van der Waals surface area contributed by atoms with Crippen LogP contribution in [0.1, 0.15) is 18.0 Å². The summed E-state index contributed by atoms with van der Waals surface area (Å²) < 4.78 is 12.4. The number of hydrogen-bond donors (Lipinski definition) is 0. The van der Waals surface area contributed by atoms with E-state index in [9.17, 15) is 14.4 Å². The zero-order valence-electron chi connectivity index (χ0n) is 14.8. The number of aryl methyl sites for hydroxylation is 1. The molecule has 0 aliphatic rings. The highest BCUT2D eigenvalue weighted by Crippen LogP contribution is 2.13. The van der Waals surface area contributed by atoms with Crippen LogP contribution in [0.15, 0.2) is 44.6 Å². The molecule has 0 N–H and O–H groups in total. The molecule has 3 aromatic heterocycles. The van der Waals surface area contributed by atoms with E-state index < -0.39 is 17.2 Å². The van der Waals surface area contributed by atoms with Crippen molar-refractivity contribution in [1.82, 2.24) is 24.3 Å². The average Bonchev–Trinajstić information content (AvgIpc) is 3.16. The number of carbonyl (C=O) groups is 1. The molecule has 0 bridgehead atoms. The van der Waals surface area contributed by atoms with Crippen molar-refractivity contribution >= 4 is 5.97 Å². The lowest BCUT2D eigenvalue weighted by molar-refractivity contribution is -0.145. The van der Waals surface area contributed by atoms with Gasteiger partial charge in [0, 0.05) is 32.8 Å². The number of rotatable bonds is 6. The zero-order valence-corrected chi connectivity index (χ0v) is 14.8. The molecule has 0 saturated heterocycles. The summed E-state index contributed by atoms with van der Waals surface area (Å²) in [6.07, 6.45) is 1.84. The Labute approximate surface area is 153 Å². The molecule has 0 amide bonds. The second kappa shape index (κ2) is 7.77. The fourth-order valence-corrected chi connectivity index (χ4v) is 2.31. The van der Waals surface area contributed by atoms with E-state index in [1.165, 1.54) is 24.7 Å². The van der Waals surface area contributed by atoms with Crippen molar-refractivity contribution in [3.05, 3.63) is 62.9 Å². The van der Waals surface area contributed by atoms with Crippen molar-refractivity contribution in [3.8, 4) is 11.5 Å². The van der Waals surface area contributed by atoms with Gasteiger partial charge in [0.05, 0.1) is 12.1 Å². The van der Waals surface area contributed by atoms with Crippen molar-refractivity contribution in [3.63, 3.8) is 0 Å². The van der Waals surface area contributed by atoms with E-state index in [-0.39, 0.29) is 25.3 Å². The fourth-order valence-electron chi connectivity index (χ4n) is 2.31. The maximum atomic E-state index is 11.9. The van der Waals surface area contributed by atoms with Crippen LogP contribution >= 0.6 is 0 Å². The van der Waals surface area contributed by atoms with Gasteiger partial charge in [-0.1, -0.05) is 11.2 Å². The molecule has 0 atom stereocenters. The van der Waals surface area contributed by atoms with Crippen molar-refractivity contribution in [2.45, 2.75) is 19.4 Å². The molecule has 10 heteroatoms. The van der Waals surface area contributed by atoms with Gasteiger partial charge >= 0.3 is 11.7 Å². The van der Waals surface area contributed by atoms with Crippen LogP contribution in [0.2, 0.25) is 0 Å². The van der Waals surface area contributed by atoms with Crippen LogP contribution in [0.5, 0.6) is 0 Å². The number of pyridine rings is 1. The van der Waals surface area contributed by atoms with Crippen molar-refractivity contribution in [1.29, 1.82) is 0 Å². The van der Waals surface area contributed by atoms with Crippen molar-refractivity contribution in [2.75, 3.05) is 0 Å². The minimum Gasteiger partial charge on any atom is -0.459 e. The molecule has 0 aliphatic heterocycles. The van der Waals surface area contributed by atoms with Crippen molar-refractivity contribution in [2.24, 2.45) is 14.1 Å². The largest absolute Gasteiger partial charge is 0.459 e. The first-order valence-corrected chi connectivity index (χ1v) is 8.11. The monoisotopic (exact) mass is 371 g/mol. The Balaban J connectivity index is 1.56. The Hall–Kier alpha value is -3.56. The smallest absolute Gasteiger partial charge is 0.330 e. The Morgan fingerprint density at radius 1 is 1.22 bits per heavy atom. The molecule has 3 heterocycles. The summed E-state index contributed by atoms with van der Waals surface area (Å²) in [5, 5.41) is 3.82. The number of carbonyl (C=O) groups excluding carboxylic acids is 1. The predicted octanol–water partition coefficient (Wildman–Crippen LogP) is 0.205. The molecule has 0 radical (unpaired) electrons. The number of esters is 1. The second-order valence-electron chi connectivity index (χ2n) is 5.76. The van der Waals surface area contributed by atoms with Crippen LogP contribution in [-0.2, 0) is 36.7 Å². The van der Waals surface area contributed by atoms with E-state index in [1.54, 1.807) is 24.4 Å². The molecule has 0 unspecified atom stereocenters. The fraction of sp³-hybridized carbons (Fsp3) is 0.294. The first kappa shape index (κ1) is 18.2. The average molecular weight is 371 g/mol. The van der Waals surface area contributed by atoms with E-state index in [0.29, 0.717) is 17.2 Å². The lowest BCUT2D eigenvalue weighted by Crippen LogP contribution is -2.38. The van der Waals surface area contributed by atoms with Gasteiger partial charge in [0.25, 0.3) is 5.56 Å². The molecule has 0 fully saturated rings. The van der Waals surface area contributed by atoms with E-state index >= 15 is 0 Å². The van der Waals surface area contributed by atoms with Crippen LogP contribution in [0.25, 0.3) is 11.5 Å². The summed E-state index contributed by atoms with van der Waals surface area (Å²) in [6.45, 7) is -0.177. The molecule has 3 rings (SSSR count). The highest BCUT2D eigenvalue weighted by molar-refractivity contribution is 5.69. The Bertz CT molecular complexity index is 1070. The second-order valence-corrected chi connectivity index (χ2v) is 5.76. The summed E-state index contributed by atoms with van der Waals surface area (Å²) in [6, 6.07) is 6.59. The highest BCUT2D eigenvalue weighted by atomic mass is 16.5. The van der Waals surface area contributed by atoms with Gasteiger partial charge in [0.15, 0.2) is 0 Å². The molecule has 27 heavy (non-hydrogen) atoms. The first-order valence-electron chi connectivity index (χ1n) is 8.11. The van der Waals surface area contributed by atoms with Gasteiger partial charge < -0.3 is 9.26 Å². The summed E-state index contributed by atoms with van der Waals surface area (Å²) in [4.78, 5) is 43.7. The summed E-state index contributed by atoms with van der Waals surface area (Å²) in [7, 11) is 2.88.